The van der Waals surface area contributed by atoms with Gasteiger partial charge in [-0.25, -0.2) is 9.78 Å². The molecule has 1 aromatic rings. The van der Waals surface area contributed by atoms with E-state index in [1.807, 2.05) is 0 Å². The number of aromatic amines is 1. The number of carboxylic acid groups (broad SMARTS) is 1. The molecule has 0 spiro atoms. The summed E-state index contributed by atoms with van der Waals surface area (Å²) in [7, 11) is 0. The van der Waals surface area contributed by atoms with Gasteiger partial charge in [0.05, 0.1) is 18.6 Å². The number of aromatic nitrogens is 2. The van der Waals surface area contributed by atoms with Crippen molar-refractivity contribution in [3.05, 3.63) is 18.2 Å². The number of likely N-dealkylation sites (tertiary alicyclic amines) is 1. The number of aliphatic carboxylic acids is 1. The third kappa shape index (κ3) is 3.97. The fraction of sp³-hybridized carbons (Fsp3) is 0.583. The molecule has 0 bridgehead atoms. The van der Waals surface area contributed by atoms with Gasteiger partial charge >= 0.3 is 12.0 Å². The van der Waals surface area contributed by atoms with E-state index in [2.05, 4.69) is 15.3 Å². The van der Waals surface area contributed by atoms with Crippen LogP contribution in [0.4, 0.5) is 4.79 Å². The number of imidazole rings is 1. The molecule has 19 heavy (non-hydrogen) atoms. The Morgan fingerprint density at radius 1 is 1.47 bits per heavy atom. The van der Waals surface area contributed by atoms with Gasteiger partial charge in [-0.15, -0.1) is 0 Å². The van der Waals surface area contributed by atoms with Crippen LogP contribution in [0.3, 0.4) is 0 Å². The molecule has 2 amide bonds. The second kappa shape index (κ2) is 6.21. The zero-order valence-corrected chi connectivity index (χ0v) is 10.6. The monoisotopic (exact) mass is 266 g/mol. The van der Waals surface area contributed by atoms with Gasteiger partial charge in [-0.2, -0.15) is 0 Å². The van der Waals surface area contributed by atoms with Gasteiger partial charge < -0.3 is 20.3 Å². The first-order valence-corrected chi connectivity index (χ1v) is 6.37. The quantitative estimate of drug-likeness (QED) is 0.751. The highest BCUT2D eigenvalue weighted by atomic mass is 16.4. The number of amides is 2. The van der Waals surface area contributed by atoms with E-state index in [4.69, 9.17) is 5.11 Å². The summed E-state index contributed by atoms with van der Waals surface area (Å²) < 4.78 is 0. The molecule has 1 saturated heterocycles. The fourth-order valence-electron chi connectivity index (χ4n) is 2.25. The van der Waals surface area contributed by atoms with Crippen molar-refractivity contribution in [2.75, 3.05) is 13.1 Å². The predicted molar refractivity (Wildman–Crippen MR) is 67.4 cm³/mol. The van der Waals surface area contributed by atoms with E-state index in [9.17, 15) is 9.59 Å². The molecule has 0 aromatic carbocycles. The lowest BCUT2D eigenvalue weighted by atomic mass is 9.94. The minimum absolute atomic E-state index is 0.108. The number of piperidine rings is 1. The van der Waals surface area contributed by atoms with Gasteiger partial charge in [-0.1, -0.05) is 0 Å². The molecule has 7 nitrogen and oxygen atoms in total. The molecule has 7 heteroatoms. The minimum Gasteiger partial charge on any atom is -0.481 e. The van der Waals surface area contributed by atoms with Crippen molar-refractivity contribution in [1.82, 2.24) is 20.2 Å². The number of nitrogens with one attached hydrogen (secondary N) is 2. The van der Waals surface area contributed by atoms with Crippen molar-refractivity contribution < 1.29 is 14.7 Å². The van der Waals surface area contributed by atoms with Gasteiger partial charge in [-0.05, 0) is 18.8 Å². The minimum atomic E-state index is -0.762. The summed E-state index contributed by atoms with van der Waals surface area (Å²) in [4.78, 5) is 31.0. The topological polar surface area (TPSA) is 98.3 Å². The standard InChI is InChI=1S/C12H18N4O3/c17-11(18)5-9-1-3-16(4-2-9)12(19)14-7-10-6-13-8-15-10/h6,8-9H,1-5,7H2,(H,13,15)(H,14,19)(H,17,18). The molecule has 3 N–H and O–H groups in total. The van der Waals surface area contributed by atoms with Gasteiger partial charge in [0.1, 0.15) is 0 Å². The second-order valence-electron chi connectivity index (χ2n) is 4.76. The summed E-state index contributed by atoms with van der Waals surface area (Å²) in [5.41, 5.74) is 0.856. The van der Waals surface area contributed by atoms with Crippen LogP contribution in [0.15, 0.2) is 12.5 Å². The number of nitrogens with zero attached hydrogens (tertiary/aromatic N) is 2. The van der Waals surface area contributed by atoms with E-state index >= 15 is 0 Å². The van der Waals surface area contributed by atoms with E-state index in [0.29, 0.717) is 19.6 Å². The summed E-state index contributed by atoms with van der Waals surface area (Å²) in [6.07, 6.45) is 4.94. The Bertz CT molecular complexity index is 424. The largest absolute Gasteiger partial charge is 0.481 e. The van der Waals surface area contributed by atoms with Crippen LogP contribution < -0.4 is 5.32 Å². The Labute approximate surface area is 111 Å². The highest BCUT2D eigenvalue weighted by Gasteiger charge is 2.24. The molecule has 2 rings (SSSR count). The molecule has 1 aliphatic heterocycles. The molecule has 0 radical (unpaired) electrons. The Morgan fingerprint density at radius 3 is 2.79 bits per heavy atom. The SMILES string of the molecule is O=C(O)CC1CCN(C(=O)NCc2cnc[nH]2)CC1. The van der Waals surface area contributed by atoms with Crippen molar-refractivity contribution in [2.24, 2.45) is 5.92 Å². The van der Waals surface area contributed by atoms with E-state index in [-0.39, 0.29) is 18.4 Å². The molecule has 0 atom stereocenters. The molecular weight excluding hydrogens is 248 g/mol. The number of hydrogen-bond acceptors (Lipinski definition) is 3. The maximum Gasteiger partial charge on any atom is 0.317 e. The van der Waals surface area contributed by atoms with Crippen molar-refractivity contribution in [1.29, 1.82) is 0 Å². The lowest BCUT2D eigenvalue weighted by Gasteiger charge is -2.31. The maximum absolute atomic E-state index is 11.9. The number of hydrogen-bond donors (Lipinski definition) is 3. The van der Waals surface area contributed by atoms with Crippen LogP contribution in [0.5, 0.6) is 0 Å². The number of carbonyl (C=O) groups excluding carboxylic acids is 1. The third-order valence-corrected chi connectivity index (χ3v) is 3.35. The zero-order valence-electron chi connectivity index (χ0n) is 10.6. The molecule has 1 aromatic heterocycles. The third-order valence-electron chi connectivity index (χ3n) is 3.35. The average Bonchev–Trinajstić information content (AvgIpc) is 2.89. The highest BCUT2D eigenvalue weighted by molar-refractivity contribution is 5.74. The summed E-state index contributed by atoms with van der Waals surface area (Å²) in [6.45, 7) is 1.66. The van der Waals surface area contributed by atoms with Gasteiger partial charge in [0, 0.05) is 25.7 Å². The molecule has 0 aliphatic carbocycles. The Balaban J connectivity index is 1.71. The first-order valence-electron chi connectivity index (χ1n) is 6.37. The van der Waals surface area contributed by atoms with Crippen LogP contribution in [-0.4, -0.2) is 45.1 Å². The lowest BCUT2D eigenvalue weighted by molar-refractivity contribution is -0.138. The van der Waals surface area contributed by atoms with Crippen molar-refractivity contribution >= 4 is 12.0 Å². The smallest absolute Gasteiger partial charge is 0.317 e. The lowest BCUT2D eigenvalue weighted by Crippen LogP contribution is -2.44. The first-order chi connectivity index (χ1) is 9.15. The second-order valence-corrected chi connectivity index (χ2v) is 4.76. The Hall–Kier alpha value is -2.05. The maximum atomic E-state index is 11.9. The van der Waals surface area contributed by atoms with Crippen LogP contribution in [0.1, 0.15) is 25.0 Å². The van der Waals surface area contributed by atoms with Gasteiger partial charge in [0.25, 0.3) is 0 Å². The van der Waals surface area contributed by atoms with E-state index in [0.717, 1.165) is 18.5 Å². The first kappa shape index (κ1) is 13.4. The van der Waals surface area contributed by atoms with Crippen molar-refractivity contribution in [3.8, 4) is 0 Å². The summed E-state index contributed by atoms with van der Waals surface area (Å²) in [5.74, 6) is -0.573. The molecule has 2 heterocycles. The number of urea groups is 1. The van der Waals surface area contributed by atoms with Crippen LogP contribution in [0, 0.1) is 5.92 Å². The zero-order chi connectivity index (χ0) is 13.7. The molecular formula is C12H18N4O3. The average molecular weight is 266 g/mol. The van der Waals surface area contributed by atoms with E-state index in [1.54, 1.807) is 17.4 Å². The van der Waals surface area contributed by atoms with Crippen LogP contribution in [0.25, 0.3) is 0 Å². The predicted octanol–water partition coefficient (Wildman–Crippen LogP) is 0.806. The summed E-state index contributed by atoms with van der Waals surface area (Å²) in [6, 6.07) is -0.108. The van der Waals surface area contributed by atoms with E-state index in [1.165, 1.54) is 0 Å². The van der Waals surface area contributed by atoms with Crippen molar-refractivity contribution in [3.63, 3.8) is 0 Å². The molecule has 0 unspecified atom stereocenters. The number of carbonyl (C=O) groups is 2. The van der Waals surface area contributed by atoms with Crippen LogP contribution in [-0.2, 0) is 11.3 Å². The van der Waals surface area contributed by atoms with E-state index < -0.39 is 5.97 Å². The number of H-pyrrole nitrogens is 1. The normalized spacial score (nSPS) is 16.3. The molecule has 104 valence electrons. The van der Waals surface area contributed by atoms with Gasteiger partial charge in [0.2, 0.25) is 0 Å². The summed E-state index contributed by atoms with van der Waals surface area (Å²) >= 11 is 0. The highest BCUT2D eigenvalue weighted by Crippen LogP contribution is 2.20. The number of carboxylic acids is 1. The van der Waals surface area contributed by atoms with Gasteiger partial charge in [0.15, 0.2) is 0 Å². The molecule has 1 aliphatic rings. The van der Waals surface area contributed by atoms with Gasteiger partial charge in [-0.3, -0.25) is 4.79 Å². The molecule has 1 fully saturated rings. The summed E-state index contributed by atoms with van der Waals surface area (Å²) in [5, 5.41) is 11.5. The Morgan fingerprint density at radius 2 is 2.21 bits per heavy atom. The van der Waals surface area contributed by atoms with Crippen LogP contribution in [0.2, 0.25) is 0 Å². The van der Waals surface area contributed by atoms with Crippen molar-refractivity contribution in [2.45, 2.75) is 25.8 Å². The fourth-order valence-corrected chi connectivity index (χ4v) is 2.25. The Kier molecular flexibility index (Phi) is 4.38. The number of rotatable bonds is 4. The molecule has 0 saturated carbocycles. The van der Waals surface area contributed by atoms with Crippen LogP contribution >= 0.6 is 0 Å².